The second-order valence-corrected chi connectivity index (χ2v) is 2.65. The van der Waals surface area contributed by atoms with Gasteiger partial charge >= 0.3 is 0 Å². The van der Waals surface area contributed by atoms with Crippen molar-refractivity contribution in [3.63, 3.8) is 0 Å². The zero-order valence-electron chi connectivity index (χ0n) is 6.15. The highest BCUT2D eigenvalue weighted by Crippen LogP contribution is 2.13. The fourth-order valence-electron chi connectivity index (χ4n) is 0.575. The van der Waals surface area contributed by atoms with Gasteiger partial charge in [0, 0.05) is 0 Å². The van der Waals surface area contributed by atoms with Gasteiger partial charge in [-0.1, -0.05) is 19.8 Å². The third-order valence-electron chi connectivity index (χ3n) is 1.48. The smallest absolute Gasteiger partial charge is 0.0651 e. The van der Waals surface area contributed by atoms with Crippen molar-refractivity contribution in [3.8, 4) is 0 Å². The van der Waals surface area contributed by atoms with Gasteiger partial charge in [0.15, 0.2) is 0 Å². The minimum atomic E-state index is 0.611. The molecule has 0 rings (SSSR count). The molecule has 0 heteroatoms. The van der Waals surface area contributed by atoms with E-state index >= 15 is 0 Å². The van der Waals surface area contributed by atoms with E-state index in [4.69, 9.17) is 0 Å². The first-order chi connectivity index (χ1) is 3.68. The predicted molar refractivity (Wildman–Crippen MR) is 38.3 cm³/mol. The van der Waals surface area contributed by atoms with Crippen LogP contribution in [0.2, 0.25) is 0 Å². The second kappa shape index (κ2) is 3.94. The van der Waals surface area contributed by atoms with Gasteiger partial charge in [0.05, 0.1) is 0 Å². The molecule has 0 fully saturated rings. The van der Waals surface area contributed by atoms with Crippen LogP contribution in [-0.2, 0) is 0 Å². The first-order valence-electron chi connectivity index (χ1n) is 3.29. The van der Waals surface area contributed by atoms with Crippen LogP contribution >= 0.6 is 0 Å². The Hall–Kier alpha value is 0. The van der Waals surface area contributed by atoms with Gasteiger partial charge in [-0.3, -0.25) is 0 Å². The summed E-state index contributed by atoms with van der Waals surface area (Å²) in [7, 11) is 0. The molecule has 1 unspecified atom stereocenters. The minimum Gasteiger partial charge on any atom is -0.342 e. The number of hydrogen-bond donors (Lipinski definition) is 0. The first-order valence-corrected chi connectivity index (χ1v) is 3.29. The third kappa shape index (κ3) is 3.06. The summed E-state index contributed by atoms with van der Waals surface area (Å²) < 4.78 is 0. The van der Waals surface area contributed by atoms with Crippen molar-refractivity contribution in [3.05, 3.63) is 13.3 Å². The van der Waals surface area contributed by atoms with Crippen LogP contribution in [0.15, 0.2) is 0 Å². The van der Waals surface area contributed by atoms with Gasteiger partial charge in [0.2, 0.25) is 0 Å². The largest absolute Gasteiger partial charge is 0.342 e. The Bertz CT molecular complexity index is 46.0. The summed E-state index contributed by atoms with van der Waals surface area (Å²) in [5, 5.41) is 0. The molecule has 0 aliphatic heterocycles. The molecule has 1 atom stereocenters. The predicted octanol–water partition coefficient (Wildman–Crippen LogP) is 2.71. The lowest BCUT2D eigenvalue weighted by Gasteiger charge is -2.25. The maximum absolute atomic E-state index is 4.00. The molecule has 0 aromatic rings. The van der Waals surface area contributed by atoms with Gasteiger partial charge in [-0.2, -0.15) is 12.8 Å². The summed E-state index contributed by atoms with van der Waals surface area (Å²) in [4.78, 5) is 0. The van der Waals surface area contributed by atoms with Crippen LogP contribution in [0.5, 0.6) is 0 Å². The van der Waals surface area contributed by atoms with Crippen molar-refractivity contribution in [2.75, 3.05) is 0 Å². The molecule has 0 amide bonds. The summed E-state index contributed by atoms with van der Waals surface area (Å²) in [6, 6.07) is 0. The lowest BCUT2D eigenvalue weighted by atomic mass is 9.94. The van der Waals surface area contributed by atoms with Crippen LogP contribution in [0.25, 0.3) is 0 Å². The average Bonchev–Trinajstić information content (AvgIpc) is 1.67. The fraction of sp³-hybridized carbons (Fsp3) is 0.750. The van der Waals surface area contributed by atoms with Gasteiger partial charge in [0.25, 0.3) is 0 Å². The van der Waals surface area contributed by atoms with Crippen LogP contribution in [0.1, 0.15) is 27.2 Å². The van der Waals surface area contributed by atoms with Crippen molar-refractivity contribution in [1.82, 2.24) is 0 Å². The Labute approximate surface area is 53.3 Å². The zero-order valence-corrected chi connectivity index (χ0v) is 6.15. The summed E-state index contributed by atoms with van der Waals surface area (Å²) in [6.45, 7) is 10.5. The maximum Gasteiger partial charge on any atom is -0.0651 e. The molecule has 0 bridgehead atoms. The molecule has 0 saturated carbocycles. The monoisotopic (exact) mass is 112 g/mol. The topological polar surface area (TPSA) is 0 Å². The number of rotatable bonds is 3. The molecule has 0 heterocycles. The highest BCUT2D eigenvalue weighted by Gasteiger charge is 1.92. The molecule has 0 aromatic heterocycles. The quantitative estimate of drug-likeness (QED) is 0.492. The molecule has 0 aliphatic rings. The summed E-state index contributed by atoms with van der Waals surface area (Å²) in [6.07, 6.45) is 3.33. The molecule has 50 valence electrons. The zero-order chi connectivity index (χ0) is 6.57. The Morgan fingerprint density at radius 2 is 2.00 bits per heavy atom. The van der Waals surface area contributed by atoms with E-state index in [9.17, 15) is 0 Å². The summed E-state index contributed by atoms with van der Waals surface area (Å²) in [5.41, 5.74) is 0. The Morgan fingerprint density at radius 3 is 2.12 bits per heavy atom. The fourth-order valence-corrected chi connectivity index (χ4v) is 0.575. The molecule has 0 saturated heterocycles. The molecule has 0 nitrogen and oxygen atoms in total. The Kier molecular flexibility index (Phi) is 3.94. The molecule has 8 heavy (non-hydrogen) atoms. The lowest BCUT2D eigenvalue weighted by molar-refractivity contribution is 0.456. The highest BCUT2D eigenvalue weighted by molar-refractivity contribution is 4.70. The van der Waals surface area contributed by atoms with E-state index in [1.54, 1.807) is 0 Å². The van der Waals surface area contributed by atoms with Crippen LogP contribution in [0.3, 0.4) is 0 Å². The summed E-state index contributed by atoms with van der Waals surface area (Å²) in [5.74, 6) is 1.34. The SMILES string of the molecule is [CH2-]C(C[CH-]C)C(C)C. The second-order valence-electron chi connectivity index (χ2n) is 2.65. The molecule has 0 spiro atoms. The van der Waals surface area contributed by atoms with E-state index in [1.165, 1.54) is 0 Å². The Balaban J connectivity index is 3.17. The van der Waals surface area contributed by atoms with E-state index < -0.39 is 0 Å². The van der Waals surface area contributed by atoms with Gasteiger partial charge < -0.3 is 13.3 Å². The molecule has 0 N–H and O–H groups in total. The number of hydrogen-bond acceptors (Lipinski definition) is 0. The van der Waals surface area contributed by atoms with E-state index in [1.807, 2.05) is 0 Å². The summed E-state index contributed by atoms with van der Waals surface area (Å²) >= 11 is 0. The van der Waals surface area contributed by atoms with Crippen LogP contribution < -0.4 is 0 Å². The third-order valence-corrected chi connectivity index (χ3v) is 1.48. The van der Waals surface area contributed by atoms with Crippen molar-refractivity contribution in [1.29, 1.82) is 0 Å². The lowest BCUT2D eigenvalue weighted by Crippen LogP contribution is -2.02. The van der Waals surface area contributed by atoms with E-state index in [2.05, 4.69) is 34.1 Å². The van der Waals surface area contributed by atoms with Gasteiger partial charge in [-0.15, -0.1) is 0 Å². The van der Waals surface area contributed by atoms with Crippen LogP contribution in [-0.4, -0.2) is 0 Å². The molecule has 0 aliphatic carbocycles. The Morgan fingerprint density at radius 1 is 1.50 bits per heavy atom. The maximum atomic E-state index is 4.00. The van der Waals surface area contributed by atoms with Crippen molar-refractivity contribution >= 4 is 0 Å². The van der Waals surface area contributed by atoms with Crippen molar-refractivity contribution in [2.45, 2.75) is 27.2 Å². The van der Waals surface area contributed by atoms with Gasteiger partial charge in [0.1, 0.15) is 0 Å². The standard InChI is InChI=1S/C8H16/c1-5-6-8(4)7(2)3/h5,7-8H,4,6H2,1-3H3/q-2. The van der Waals surface area contributed by atoms with E-state index in [0.717, 1.165) is 12.3 Å². The van der Waals surface area contributed by atoms with Crippen LogP contribution in [0.4, 0.5) is 0 Å². The molecular formula is C8H16-2. The van der Waals surface area contributed by atoms with E-state index in [0.29, 0.717) is 5.92 Å². The molecular weight excluding hydrogens is 96.1 g/mol. The molecule has 0 radical (unpaired) electrons. The highest BCUT2D eigenvalue weighted by atomic mass is 14.1. The average molecular weight is 112 g/mol. The van der Waals surface area contributed by atoms with E-state index in [-0.39, 0.29) is 0 Å². The molecule has 0 aromatic carbocycles. The minimum absolute atomic E-state index is 0.611. The van der Waals surface area contributed by atoms with Gasteiger partial charge in [-0.05, 0) is 0 Å². The van der Waals surface area contributed by atoms with Gasteiger partial charge in [-0.25, -0.2) is 6.42 Å². The van der Waals surface area contributed by atoms with Crippen molar-refractivity contribution in [2.24, 2.45) is 11.8 Å². The van der Waals surface area contributed by atoms with Crippen molar-refractivity contribution < 1.29 is 0 Å². The van der Waals surface area contributed by atoms with Crippen LogP contribution in [0, 0.1) is 25.2 Å². The normalized spacial score (nSPS) is 14.6. The first kappa shape index (κ1) is 8.00.